The van der Waals surface area contributed by atoms with Crippen LogP contribution in [0.2, 0.25) is 0 Å². The van der Waals surface area contributed by atoms with Crippen molar-refractivity contribution in [3.05, 3.63) is 0 Å². The molecule has 0 aromatic heterocycles. The summed E-state index contributed by atoms with van der Waals surface area (Å²) in [5.74, 6) is 0.108. The third-order valence-electron chi connectivity index (χ3n) is 3.40. The average Bonchev–Trinajstić information content (AvgIpc) is 2.81. The molecule has 0 unspecified atom stereocenters. The van der Waals surface area contributed by atoms with E-state index >= 15 is 0 Å². The monoisotopic (exact) mass is 227 g/mol. The van der Waals surface area contributed by atoms with Gasteiger partial charge in [-0.3, -0.25) is 4.79 Å². The molecule has 1 aliphatic rings. The van der Waals surface area contributed by atoms with Crippen LogP contribution in [0.5, 0.6) is 0 Å². The highest BCUT2D eigenvalue weighted by atomic mass is 16.1. The first-order valence-corrected chi connectivity index (χ1v) is 6.35. The van der Waals surface area contributed by atoms with Gasteiger partial charge in [-0.15, -0.1) is 0 Å². The zero-order valence-corrected chi connectivity index (χ0v) is 10.6. The normalized spacial score (nSPS) is 16.9. The van der Waals surface area contributed by atoms with Gasteiger partial charge in [0, 0.05) is 39.1 Å². The maximum atomic E-state index is 11.0. The minimum Gasteiger partial charge on any atom is -0.359 e. The first-order chi connectivity index (χ1) is 7.74. The predicted octanol–water partition coefficient (Wildman–Crippen LogP) is 0.587. The third-order valence-corrected chi connectivity index (χ3v) is 3.40. The Morgan fingerprint density at radius 2 is 2.00 bits per heavy atom. The predicted molar refractivity (Wildman–Crippen MR) is 66.4 cm³/mol. The molecule has 0 atom stereocenters. The van der Waals surface area contributed by atoms with Gasteiger partial charge in [0.2, 0.25) is 5.91 Å². The molecule has 4 heteroatoms. The average molecular weight is 227 g/mol. The van der Waals surface area contributed by atoms with Gasteiger partial charge in [-0.1, -0.05) is 12.8 Å². The van der Waals surface area contributed by atoms with Crippen LogP contribution in [0, 0.1) is 0 Å². The topological polar surface area (TPSA) is 44.4 Å². The van der Waals surface area contributed by atoms with E-state index in [0.717, 1.165) is 25.7 Å². The molecule has 1 aliphatic carbocycles. The van der Waals surface area contributed by atoms with Crippen LogP contribution < -0.4 is 10.6 Å². The van der Waals surface area contributed by atoms with E-state index in [-0.39, 0.29) is 5.91 Å². The Bertz CT molecular complexity index is 202. The summed E-state index contributed by atoms with van der Waals surface area (Å²) in [5.41, 5.74) is 0. The van der Waals surface area contributed by atoms with Crippen molar-refractivity contribution >= 4 is 5.91 Å². The van der Waals surface area contributed by atoms with Crippen molar-refractivity contribution in [3.8, 4) is 0 Å². The summed E-state index contributed by atoms with van der Waals surface area (Å²) in [7, 11) is 3.88. The Morgan fingerprint density at radius 3 is 2.62 bits per heavy atom. The first kappa shape index (κ1) is 13.5. The molecule has 1 amide bonds. The molecule has 0 aromatic rings. The zero-order chi connectivity index (χ0) is 11.8. The fourth-order valence-electron chi connectivity index (χ4n) is 2.23. The van der Waals surface area contributed by atoms with E-state index in [1.165, 1.54) is 25.7 Å². The lowest BCUT2D eigenvalue weighted by Gasteiger charge is -2.23. The summed E-state index contributed by atoms with van der Waals surface area (Å²) >= 11 is 0. The molecule has 0 aromatic carbocycles. The van der Waals surface area contributed by atoms with Crippen molar-refractivity contribution in [1.29, 1.82) is 0 Å². The van der Waals surface area contributed by atoms with E-state index in [0.29, 0.717) is 6.42 Å². The molecule has 16 heavy (non-hydrogen) atoms. The number of carbonyl (C=O) groups is 1. The molecule has 1 rings (SSSR count). The minimum absolute atomic E-state index is 0.108. The molecule has 1 saturated carbocycles. The van der Waals surface area contributed by atoms with Gasteiger partial charge in [-0.25, -0.2) is 0 Å². The third kappa shape index (κ3) is 4.94. The number of hydrogen-bond acceptors (Lipinski definition) is 3. The molecule has 94 valence electrons. The second-order valence-corrected chi connectivity index (χ2v) is 4.59. The quantitative estimate of drug-likeness (QED) is 0.626. The van der Waals surface area contributed by atoms with Crippen LogP contribution >= 0.6 is 0 Å². The Hall–Kier alpha value is -0.610. The molecular formula is C12H25N3O. The number of amides is 1. The Kier molecular flexibility index (Phi) is 6.42. The molecule has 0 saturated heterocycles. The highest BCUT2D eigenvalue weighted by Gasteiger charge is 2.18. The van der Waals surface area contributed by atoms with Crippen molar-refractivity contribution in [3.63, 3.8) is 0 Å². The molecule has 0 aliphatic heterocycles. The van der Waals surface area contributed by atoms with Crippen LogP contribution in [0.25, 0.3) is 0 Å². The summed E-state index contributed by atoms with van der Waals surface area (Å²) in [6, 6.07) is 0.792. The molecule has 0 bridgehead atoms. The van der Waals surface area contributed by atoms with Gasteiger partial charge in [0.05, 0.1) is 0 Å². The van der Waals surface area contributed by atoms with Crippen LogP contribution in [0.15, 0.2) is 0 Å². The lowest BCUT2D eigenvalue weighted by Crippen LogP contribution is -2.36. The van der Waals surface area contributed by atoms with E-state index in [9.17, 15) is 4.79 Å². The minimum atomic E-state index is 0.108. The lowest BCUT2D eigenvalue weighted by atomic mass is 10.2. The summed E-state index contributed by atoms with van der Waals surface area (Å²) in [5, 5.41) is 5.92. The number of nitrogens with one attached hydrogen (secondary N) is 2. The van der Waals surface area contributed by atoms with Gasteiger partial charge in [0.25, 0.3) is 0 Å². The van der Waals surface area contributed by atoms with Gasteiger partial charge in [0.15, 0.2) is 0 Å². The van der Waals surface area contributed by atoms with Gasteiger partial charge in [-0.05, 0) is 19.9 Å². The molecule has 0 spiro atoms. The molecule has 0 heterocycles. The van der Waals surface area contributed by atoms with Crippen LogP contribution in [-0.2, 0) is 4.79 Å². The lowest BCUT2D eigenvalue weighted by molar-refractivity contribution is -0.120. The number of rotatable bonds is 7. The zero-order valence-electron chi connectivity index (χ0n) is 10.6. The smallest absolute Gasteiger partial charge is 0.221 e. The SMILES string of the molecule is CNC(=O)CCNCCN(C)C1CCCC1. The van der Waals surface area contributed by atoms with Crippen molar-refractivity contribution in [2.75, 3.05) is 33.7 Å². The van der Waals surface area contributed by atoms with Crippen molar-refractivity contribution in [2.24, 2.45) is 0 Å². The summed E-state index contributed by atoms with van der Waals surface area (Å²) in [6.07, 6.45) is 6.06. The largest absolute Gasteiger partial charge is 0.359 e. The second-order valence-electron chi connectivity index (χ2n) is 4.59. The van der Waals surface area contributed by atoms with Gasteiger partial charge in [0.1, 0.15) is 0 Å². The van der Waals surface area contributed by atoms with Crippen molar-refractivity contribution in [2.45, 2.75) is 38.1 Å². The van der Waals surface area contributed by atoms with Crippen LogP contribution in [0.4, 0.5) is 0 Å². The van der Waals surface area contributed by atoms with Gasteiger partial charge >= 0.3 is 0 Å². The number of nitrogens with zero attached hydrogens (tertiary/aromatic N) is 1. The van der Waals surface area contributed by atoms with E-state index in [1.807, 2.05) is 0 Å². The Labute approximate surface area is 98.8 Å². The maximum absolute atomic E-state index is 11.0. The van der Waals surface area contributed by atoms with Crippen molar-refractivity contribution < 1.29 is 4.79 Å². The maximum Gasteiger partial charge on any atom is 0.221 e. The number of likely N-dealkylation sites (N-methyl/N-ethyl adjacent to an activating group) is 1. The van der Waals surface area contributed by atoms with Gasteiger partial charge in [-0.2, -0.15) is 0 Å². The number of hydrogen-bond donors (Lipinski definition) is 2. The Morgan fingerprint density at radius 1 is 1.31 bits per heavy atom. The van der Waals surface area contributed by atoms with Crippen LogP contribution in [0.1, 0.15) is 32.1 Å². The van der Waals surface area contributed by atoms with Crippen LogP contribution in [-0.4, -0.2) is 50.6 Å². The summed E-state index contributed by atoms with van der Waals surface area (Å²) in [6.45, 7) is 2.83. The molecule has 0 radical (unpaired) electrons. The highest BCUT2D eigenvalue weighted by Crippen LogP contribution is 2.21. The standard InChI is InChI=1S/C12H25N3O/c1-13-12(16)7-8-14-9-10-15(2)11-5-3-4-6-11/h11,14H,3-10H2,1-2H3,(H,13,16). The summed E-state index contributed by atoms with van der Waals surface area (Å²) < 4.78 is 0. The molecular weight excluding hydrogens is 202 g/mol. The van der Waals surface area contributed by atoms with E-state index in [1.54, 1.807) is 7.05 Å². The molecule has 4 nitrogen and oxygen atoms in total. The summed E-state index contributed by atoms with van der Waals surface area (Å²) in [4.78, 5) is 13.4. The first-order valence-electron chi connectivity index (χ1n) is 6.35. The van der Waals surface area contributed by atoms with E-state index in [2.05, 4.69) is 22.6 Å². The van der Waals surface area contributed by atoms with Crippen molar-refractivity contribution in [1.82, 2.24) is 15.5 Å². The van der Waals surface area contributed by atoms with E-state index in [4.69, 9.17) is 0 Å². The molecule has 2 N–H and O–H groups in total. The Balaban J connectivity index is 1.95. The fraction of sp³-hybridized carbons (Fsp3) is 0.917. The fourth-order valence-corrected chi connectivity index (χ4v) is 2.23. The van der Waals surface area contributed by atoms with E-state index < -0.39 is 0 Å². The number of carbonyl (C=O) groups excluding carboxylic acids is 1. The second kappa shape index (κ2) is 7.63. The molecule has 1 fully saturated rings. The highest BCUT2D eigenvalue weighted by molar-refractivity contribution is 5.75. The van der Waals surface area contributed by atoms with Gasteiger partial charge < -0.3 is 15.5 Å². The van der Waals surface area contributed by atoms with Crippen LogP contribution in [0.3, 0.4) is 0 Å².